The van der Waals surface area contributed by atoms with Crippen molar-refractivity contribution in [1.82, 2.24) is 5.43 Å². The topological polar surface area (TPSA) is 59.9 Å². The van der Waals surface area contributed by atoms with Crippen LogP contribution in [0.25, 0.3) is 0 Å². The zero-order chi connectivity index (χ0) is 19.6. The molecule has 0 fully saturated rings. The third-order valence-electron chi connectivity index (χ3n) is 3.70. The number of hydrazone groups is 1. The lowest BCUT2D eigenvalue weighted by Crippen LogP contribution is -2.24. The van der Waals surface area contributed by atoms with Gasteiger partial charge in [0.25, 0.3) is 5.91 Å². The quantitative estimate of drug-likeness (QED) is 0.453. The molecule has 0 unspecified atom stereocenters. The van der Waals surface area contributed by atoms with Gasteiger partial charge in [0.2, 0.25) is 0 Å². The van der Waals surface area contributed by atoms with E-state index in [1.54, 1.807) is 30.5 Å². The Morgan fingerprint density at radius 2 is 1.71 bits per heavy atom. The van der Waals surface area contributed by atoms with E-state index in [0.717, 1.165) is 16.9 Å². The zero-order valence-electron chi connectivity index (χ0n) is 15.0. The van der Waals surface area contributed by atoms with Gasteiger partial charge in [-0.2, -0.15) is 5.10 Å². The van der Waals surface area contributed by atoms with Gasteiger partial charge in [-0.05, 0) is 53.6 Å². The Bertz CT molecular complexity index is 928. The van der Waals surface area contributed by atoms with Crippen LogP contribution in [0.15, 0.2) is 84.0 Å². The van der Waals surface area contributed by atoms with E-state index in [1.807, 2.05) is 54.6 Å². The van der Waals surface area contributed by atoms with Crippen LogP contribution in [0.1, 0.15) is 11.1 Å². The van der Waals surface area contributed by atoms with Crippen LogP contribution in [0, 0.1) is 0 Å². The highest BCUT2D eigenvalue weighted by Gasteiger charge is 2.02. The largest absolute Gasteiger partial charge is 0.489 e. The van der Waals surface area contributed by atoms with Crippen molar-refractivity contribution in [3.63, 3.8) is 0 Å². The van der Waals surface area contributed by atoms with Crippen LogP contribution < -0.4 is 14.9 Å². The number of carbonyl (C=O) groups excluding carboxylic acids is 1. The van der Waals surface area contributed by atoms with Crippen molar-refractivity contribution in [3.8, 4) is 11.5 Å². The number of rotatable bonds is 8. The summed E-state index contributed by atoms with van der Waals surface area (Å²) in [7, 11) is 0. The number of hydrogen-bond donors (Lipinski definition) is 1. The number of halogens is 1. The first kappa shape index (κ1) is 19.5. The molecule has 3 aromatic carbocycles. The predicted octanol–water partition coefficient (Wildman–Crippen LogP) is 4.45. The second-order valence-electron chi connectivity index (χ2n) is 5.88. The molecule has 0 spiro atoms. The second-order valence-corrected chi connectivity index (χ2v) is 6.32. The van der Waals surface area contributed by atoms with Gasteiger partial charge in [-0.15, -0.1) is 0 Å². The number of nitrogens with one attached hydrogen (secondary N) is 1. The van der Waals surface area contributed by atoms with Crippen LogP contribution in [0.2, 0.25) is 5.02 Å². The molecule has 1 amide bonds. The van der Waals surface area contributed by atoms with Gasteiger partial charge in [0.1, 0.15) is 18.1 Å². The number of carbonyl (C=O) groups is 1. The number of ether oxygens (including phenoxy) is 2. The summed E-state index contributed by atoms with van der Waals surface area (Å²) in [5, 5.41) is 4.47. The van der Waals surface area contributed by atoms with Gasteiger partial charge in [0.05, 0.1) is 6.21 Å². The van der Waals surface area contributed by atoms with E-state index in [0.29, 0.717) is 17.4 Å². The molecule has 142 valence electrons. The molecule has 0 aromatic heterocycles. The lowest BCUT2D eigenvalue weighted by Gasteiger charge is -2.06. The predicted molar refractivity (Wildman–Crippen MR) is 110 cm³/mol. The van der Waals surface area contributed by atoms with E-state index in [4.69, 9.17) is 21.1 Å². The van der Waals surface area contributed by atoms with Crippen LogP contribution in [-0.2, 0) is 11.4 Å². The third-order valence-corrected chi connectivity index (χ3v) is 3.93. The molecule has 28 heavy (non-hydrogen) atoms. The first-order valence-electron chi connectivity index (χ1n) is 8.66. The van der Waals surface area contributed by atoms with Crippen molar-refractivity contribution in [2.24, 2.45) is 5.10 Å². The maximum atomic E-state index is 11.8. The summed E-state index contributed by atoms with van der Waals surface area (Å²) in [6.07, 6.45) is 1.55. The Balaban J connectivity index is 1.42. The summed E-state index contributed by atoms with van der Waals surface area (Å²) in [6, 6.07) is 24.2. The molecule has 0 saturated heterocycles. The van der Waals surface area contributed by atoms with E-state index in [-0.39, 0.29) is 12.5 Å². The molecule has 3 rings (SSSR count). The molecule has 1 N–H and O–H groups in total. The zero-order valence-corrected chi connectivity index (χ0v) is 15.8. The normalized spacial score (nSPS) is 10.6. The molecule has 0 aliphatic rings. The second kappa shape index (κ2) is 10.1. The standard InChI is InChI=1S/C22H19ClN2O3/c23-19-7-4-8-21(13-19)28-16-22(26)25-24-14-17-9-11-20(12-10-17)27-15-18-5-2-1-3-6-18/h1-14H,15-16H2,(H,25,26). The summed E-state index contributed by atoms with van der Waals surface area (Å²) in [5.41, 5.74) is 4.36. The molecule has 0 heterocycles. The Labute approximate surface area is 168 Å². The van der Waals surface area contributed by atoms with Crippen LogP contribution >= 0.6 is 11.6 Å². The van der Waals surface area contributed by atoms with E-state index >= 15 is 0 Å². The van der Waals surface area contributed by atoms with E-state index in [1.165, 1.54) is 0 Å². The highest BCUT2D eigenvalue weighted by atomic mass is 35.5. The lowest BCUT2D eigenvalue weighted by molar-refractivity contribution is -0.123. The molecule has 0 saturated carbocycles. The van der Waals surface area contributed by atoms with Gasteiger partial charge in [-0.1, -0.05) is 48.0 Å². The summed E-state index contributed by atoms with van der Waals surface area (Å²) < 4.78 is 11.1. The molecule has 0 aliphatic heterocycles. The fourth-order valence-corrected chi connectivity index (χ4v) is 2.49. The van der Waals surface area contributed by atoms with Crippen molar-refractivity contribution in [3.05, 3.63) is 95.0 Å². The van der Waals surface area contributed by atoms with Gasteiger partial charge in [-0.3, -0.25) is 4.79 Å². The molecule has 6 heteroatoms. The Kier molecular flexibility index (Phi) is 7.04. The third kappa shape index (κ3) is 6.45. The summed E-state index contributed by atoms with van der Waals surface area (Å²) >= 11 is 5.86. The van der Waals surface area contributed by atoms with Crippen LogP contribution in [0.3, 0.4) is 0 Å². The van der Waals surface area contributed by atoms with Gasteiger partial charge in [0.15, 0.2) is 6.61 Å². The molecule has 3 aromatic rings. The first-order chi connectivity index (χ1) is 13.7. The van der Waals surface area contributed by atoms with Gasteiger partial charge in [-0.25, -0.2) is 5.43 Å². The maximum absolute atomic E-state index is 11.8. The summed E-state index contributed by atoms with van der Waals surface area (Å²) in [5.74, 6) is 0.928. The highest BCUT2D eigenvalue weighted by molar-refractivity contribution is 6.30. The average molecular weight is 395 g/mol. The molecule has 0 aliphatic carbocycles. The minimum atomic E-state index is -0.362. The van der Waals surface area contributed by atoms with Crippen molar-refractivity contribution in [2.45, 2.75) is 6.61 Å². The molecule has 0 radical (unpaired) electrons. The number of hydrogen-bond acceptors (Lipinski definition) is 4. The number of amides is 1. The SMILES string of the molecule is O=C(COc1cccc(Cl)c1)NN=Cc1ccc(OCc2ccccc2)cc1. The van der Waals surface area contributed by atoms with E-state index in [2.05, 4.69) is 10.5 Å². The van der Waals surface area contributed by atoms with E-state index < -0.39 is 0 Å². The van der Waals surface area contributed by atoms with Crippen molar-refractivity contribution in [1.29, 1.82) is 0 Å². The molecular formula is C22H19ClN2O3. The minimum absolute atomic E-state index is 0.149. The van der Waals surface area contributed by atoms with Crippen molar-refractivity contribution < 1.29 is 14.3 Å². The van der Waals surface area contributed by atoms with Crippen molar-refractivity contribution >= 4 is 23.7 Å². The number of benzene rings is 3. The monoisotopic (exact) mass is 394 g/mol. The van der Waals surface area contributed by atoms with Crippen LogP contribution in [-0.4, -0.2) is 18.7 Å². The fourth-order valence-electron chi connectivity index (χ4n) is 2.31. The van der Waals surface area contributed by atoms with Gasteiger partial charge < -0.3 is 9.47 Å². The maximum Gasteiger partial charge on any atom is 0.277 e. The Hall–Kier alpha value is -3.31. The van der Waals surface area contributed by atoms with Crippen LogP contribution in [0.5, 0.6) is 11.5 Å². The fraction of sp³-hybridized carbons (Fsp3) is 0.0909. The molecule has 0 atom stereocenters. The Morgan fingerprint density at radius 1 is 0.929 bits per heavy atom. The average Bonchev–Trinajstić information content (AvgIpc) is 2.72. The summed E-state index contributed by atoms with van der Waals surface area (Å²) in [6.45, 7) is 0.362. The highest BCUT2D eigenvalue weighted by Crippen LogP contribution is 2.17. The Morgan fingerprint density at radius 3 is 2.46 bits per heavy atom. The van der Waals surface area contributed by atoms with Crippen molar-refractivity contribution in [2.75, 3.05) is 6.61 Å². The molecule has 0 bridgehead atoms. The van der Waals surface area contributed by atoms with E-state index in [9.17, 15) is 4.79 Å². The molecular weight excluding hydrogens is 376 g/mol. The first-order valence-corrected chi connectivity index (χ1v) is 9.04. The summed E-state index contributed by atoms with van der Waals surface area (Å²) in [4.78, 5) is 11.8. The van der Waals surface area contributed by atoms with Crippen LogP contribution in [0.4, 0.5) is 0 Å². The molecule has 5 nitrogen and oxygen atoms in total. The smallest absolute Gasteiger partial charge is 0.277 e. The van der Waals surface area contributed by atoms with Gasteiger partial charge in [0, 0.05) is 5.02 Å². The van der Waals surface area contributed by atoms with Gasteiger partial charge >= 0.3 is 0 Å². The lowest BCUT2D eigenvalue weighted by atomic mass is 10.2. The number of nitrogens with zero attached hydrogens (tertiary/aromatic N) is 1. The minimum Gasteiger partial charge on any atom is -0.489 e.